The van der Waals surface area contributed by atoms with E-state index in [9.17, 15) is 21.6 Å². The zero-order valence-corrected chi connectivity index (χ0v) is 23.8. The van der Waals surface area contributed by atoms with E-state index in [2.05, 4.69) is 4.98 Å². The molecule has 9 nitrogen and oxygen atoms in total. The molecule has 3 aromatic rings. The molecule has 0 N–H and O–H groups in total. The highest BCUT2D eigenvalue weighted by Gasteiger charge is 2.32. The van der Waals surface area contributed by atoms with Gasteiger partial charge in [0.25, 0.3) is 5.91 Å². The first-order chi connectivity index (χ1) is 18.0. The maximum Gasteiger partial charge on any atom is 0.260 e. The Morgan fingerprint density at radius 1 is 1.05 bits per heavy atom. The molecule has 2 aromatic carbocycles. The van der Waals surface area contributed by atoms with E-state index in [1.807, 2.05) is 6.92 Å². The molecule has 0 bridgehead atoms. The van der Waals surface area contributed by atoms with E-state index in [1.54, 1.807) is 33.5 Å². The highest BCUT2D eigenvalue weighted by atomic mass is 32.2. The summed E-state index contributed by atoms with van der Waals surface area (Å²) in [6.45, 7) is 3.35. The van der Waals surface area contributed by atoms with Gasteiger partial charge in [-0.15, -0.1) is 0 Å². The first-order valence-corrected chi connectivity index (χ1v) is 16.8. The summed E-state index contributed by atoms with van der Waals surface area (Å²) in [6.07, 6.45) is 5.43. The van der Waals surface area contributed by atoms with E-state index in [0.29, 0.717) is 40.6 Å². The molecule has 0 spiro atoms. The molecule has 2 fully saturated rings. The Morgan fingerprint density at radius 2 is 1.79 bits per heavy atom. The number of fused-ring (bicyclic) bond motifs is 1. The number of sulfone groups is 1. The Kier molecular flexibility index (Phi) is 7.62. The summed E-state index contributed by atoms with van der Waals surface area (Å²) in [4.78, 5) is 20.3. The molecule has 2 saturated heterocycles. The third kappa shape index (κ3) is 5.50. The van der Waals surface area contributed by atoms with Crippen LogP contribution >= 0.6 is 11.3 Å². The molecule has 2 atom stereocenters. The second kappa shape index (κ2) is 10.6. The molecule has 2 aliphatic heterocycles. The third-order valence-corrected chi connectivity index (χ3v) is 11.3. The number of rotatable bonds is 7. The quantitative estimate of drug-likeness (QED) is 0.416. The average Bonchev–Trinajstić information content (AvgIpc) is 3.56. The summed E-state index contributed by atoms with van der Waals surface area (Å²) in [5.74, 6) is -0.321. The summed E-state index contributed by atoms with van der Waals surface area (Å²) in [6, 6.07) is 10.7. The van der Waals surface area contributed by atoms with Crippen LogP contribution in [0.3, 0.4) is 0 Å². The molecule has 0 aliphatic carbocycles. The van der Waals surface area contributed by atoms with Crippen molar-refractivity contribution in [3.05, 3.63) is 48.0 Å². The number of carbonyl (C=O) groups excluding carboxylic acids is 1. The second-order valence-corrected chi connectivity index (χ2v) is 14.8. The Hall–Kier alpha value is -2.38. The number of aromatic nitrogens is 1. The van der Waals surface area contributed by atoms with Crippen molar-refractivity contribution in [3.8, 4) is 0 Å². The van der Waals surface area contributed by atoms with Gasteiger partial charge in [-0.2, -0.15) is 4.31 Å². The van der Waals surface area contributed by atoms with Crippen LogP contribution in [0.1, 0.15) is 49.4 Å². The fourth-order valence-corrected chi connectivity index (χ4v) is 8.40. The van der Waals surface area contributed by atoms with Crippen LogP contribution in [-0.4, -0.2) is 70.1 Å². The number of sulfonamides is 1. The number of hydrogen-bond donors (Lipinski definition) is 0. The number of nitrogens with zero attached hydrogens (tertiary/aromatic N) is 3. The van der Waals surface area contributed by atoms with Crippen molar-refractivity contribution < 1.29 is 26.4 Å². The molecule has 0 radical (unpaired) electrons. The molecule has 38 heavy (non-hydrogen) atoms. The van der Waals surface area contributed by atoms with E-state index >= 15 is 0 Å². The standard InChI is InChI=1S/C26H31N3O6S3/c1-18-6-3-4-14-29(18)38(33,34)21-10-8-19(9-11-21)25(30)28(17-20-7-5-15-35-20)26-27-23-13-12-22(37(2,31)32)16-24(23)36-26/h8-13,16,18,20H,3-7,14-15,17H2,1-2H3. The summed E-state index contributed by atoms with van der Waals surface area (Å²) >= 11 is 1.24. The number of anilines is 1. The highest BCUT2D eigenvalue weighted by molar-refractivity contribution is 7.90. The molecule has 2 aliphatic rings. The minimum atomic E-state index is -3.65. The predicted molar refractivity (Wildman–Crippen MR) is 147 cm³/mol. The zero-order chi connectivity index (χ0) is 27.1. The SMILES string of the molecule is CC1CCCCN1S(=O)(=O)c1ccc(C(=O)N(CC2CCCO2)c2nc3ccc(S(C)(=O)=O)cc3s2)cc1. The second-order valence-electron chi connectivity index (χ2n) is 9.93. The predicted octanol–water partition coefficient (Wildman–Crippen LogP) is 4.09. The fourth-order valence-electron chi connectivity index (χ4n) is 4.97. The Bertz CT molecular complexity index is 1540. The minimum absolute atomic E-state index is 0.0563. The van der Waals surface area contributed by atoms with Crippen molar-refractivity contribution in [1.82, 2.24) is 9.29 Å². The van der Waals surface area contributed by atoms with Gasteiger partial charge in [0.05, 0.1) is 32.7 Å². The lowest BCUT2D eigenvalue weighted by molar-refractivity contribution is 0.0917. The number of amides is 1. The van der Waals surface area contributed by atoms with Gasteiger partial charge in [-0.05, 0) is 75.1 Å². The van der Waals surface area contributed by atoms with Gasteiger partial charge in [0.15, 0.2) is 15.0 Å². The molecule has 2 unspecified atom stereocenters. The Labute approximate surface area is 227 Å². The number of carbonyl (C=O) groups is 1. The molecular formula is C26H31N3O6S3. The monoisotopic (exact) mass is 577 g/mol. The Morgan fingerprint density at radius 3 is 2.45 bits per heavy atom. The van der Waals surface area contributed by atoms with Crippen LogP contribution in [0.15, 0.2) is 52.3 Å². The van der Waals surface area contributed by atoms with Crippen molar-refractivity contribution in [2.45, 2.75) is 61.0 Å². The van der Waals surface area contributed by atoms with Crippen LogP contribution in [0.2, 0.25) is 0 Å². The molecule has 12 heteroatoms. The van der Waals surface area contributed by atoms with E-state index < -0.39 is 19.9 Å². The van der Waals surface area contributed by atoms with Crippen molar-refractivity contribution in [2.24, 2.45) is 0 Å². The van der Waals surface area contributed by atoms with Crippen LogP contribution in [0.25, 0.3) is 10.2 Å². The zero-order valence-electron chi connectivity index (χ0n) is 21.4. The van der Waals surface area contributed by atoms with E-state index in [1.165, 1.54) is 29.5 Å². The molecular weight excluding hydrogens is 547 g/mol. The van der Waals surface area contributed by atoms with Crippen LogP contribution in [-0.2, 0) is 24.6 Å². The number of ether oxygens (including phenoxy) is 1. The van der Waals surface area contributed by atoms with Gasteiger partial charge in [-0.3, -0.25) is 9.69 Å². The number of piperidine rings is 1. The van der Waals surface area contributed by atoms with Crippen molar-refractivity contribution >= 4 is 52.5 Å². The van der Waals surface area contributed by atoms with Gasteiger partial charge in [-0.1, -0.05) is 17.8 Å². The summed E-state index contributed by atoms with van der Waals surface area (Å²) < 4.78 is 58.5. The molecule has 204 valence electrons. The highest BCUT2D eigenvalue weighted by Crippen LogP contribution is 2.33. The topological polar surface area (TPSA) is 114 Å². The number of benzene rings is 2. The van der Waals surface area contributed by atoms with Crippen LogP contribution in [0, 0.1) is 0 Å². The lowest BCUT2D eigenvalue weighted by Gasteiger charge is -2.32. The smallest absolute Gasteiger partial charge is 0.260 e. The van der Waals surface area contributed by atoms with E-state index in [-0.39, 0.29) is 27.8 Å². The maximum atomic E-state index is 13.7. The first kappa shape index (κ1) is 27.2. The van der Waals surface area contributed by atoms with Crippen LogP contribution in [0.5, 0.6) is 0 Å². The molecule has 0 saturated carbocycles. The number of hydrogen-bond acceptors (Lipinski definition) is 8. The molecule has 1 amide bonds. The van der Waals surface area contributed by atoms with Gasteiger partial charge in [0, 0.05) is 31.0 Å². The largest absolute Gasteiger partial charge is 0.376 e. The van der Waals surface area contributed by atoms with Gasteiger partial charge in [0.1, 0.15) is 0 Å². The average molecular weight is 578 g/mol. The van der Waals surface area contributed by atoms with Gasteiger partial charge in [-0.25, -0.2) is 21.8 Å². The van der Waals surface area contributed by atoms with Crippen molar-refractivity contribution in [3.63, 3.8) is 0 Å². The van der Waals surface area contributed by atoms with Crippen molar-refractivity contribution in [1.29, 1.82) is 0 Å². The molecule has 1 aromatic heterocycles. The summed E-state index contributed by atoms with van der Waals surface area (Å²) in [7, 11) is -7.03. The van der Waals surface area contributed by atoms with Crippen LogP contribution in [0.4, 0.5) is 5.13 Å². The summed E-state index contributed by atoms with van der Waals surface area (Å²) in [5.41, 5.74) is 0.935. The van der Waals surface area contributed by atoms with Gasteiger partial charge in [0.2, 0.25) is 10.0 Å². The third-order valence-electron chi connectivity index (χ3n) is 7.11. The van der Waals surface area contributed by atoms with Crippen molar-refractivity contribution in [2.75, 3.05) is 30.9 Å². The minimum Gasteiger partial charge on any atom is -0.376 e. The first-order valence-electron chi connectivity index (χ1n) is 12.7. The van der Waals surface area contributed by atoms with Crippen LogP contribution < -0.4 is 4.90 Å². The molecule has 5 rings (SSSR count). The maximum absolute atomic E-state index is 13.7. The van der Waals surface area contributed by atoms with E-state index in [0.717, 1.165) is 38.4 Å². The lowest BCUT2D eigenvalue weighted by atomic mass is 10.1. The van der Waals surface area contributed by atoms with E-state index in [4.69, 9.17) is 4.74 Å². The normalized spacial score (nSPS) is 21.1. The molecule has 3 heterocycles. The van der Waals surface area contributed by atoms with Gasteiger partial charge < -0.3 is 4.74 Å². The summed E-state index contributed by atoms with van der Waals surface area (Å²) in [5, 5.41) is 0.435. The fraction of sp³-hybridized carbons (Fsp3) is 0.462. The number of thiazole rings is 1. The lowest BCUT2D eigenvalue weighted by Crippen LogP contribution is -2.42. The van der Waals surface area contributed by atoms with Gasteiger partial charge >= 0.3 is 0 Å². The Balaban J connectivity index is 1.45.